The Morgan fingerprint density at radius 1 is 1.29 bits per heavy atom. The molecule has 0 radical (unpaired) electrons. The lowest BCUT2D eigenvalue weighted by Gasteiger charge is -2.36. The standard InChI is InChI=1S/C18H30O6/c1-2-3-4-7-13(19)10-11-16-14(8-5-6-9-17(21)22)15(20)12-18(23)24-16/h5-6,10-11,13-16,18-20,23H,2-4,7-9,12H2,1H3,(H,21,22)/b6-5+,11-10-/t13-,14-,15-,16+,18+/m0/s1. The monoisotopic (exact) mass is 342 g/mol. The highest BCUT2D eigenvalue weighted by atomic mass is 16.6. The van der Waals surface area contributed by atoms with E-state index in [2.05, 4.69) is 6.92 Å². The minimum Gasteiger partial charge on any atom is -0.481 e. The van der Waals surface area contributed by atoms with Gasteiger partial charge in [0.25, 0.3) is 0 Å². The molecule has 0 unspecified atom stereocenters. The van der Waals surface area contributed by atoms with Gasteiger partial charge in [0.2, 0.25) is 0 Å². The van der Waals surface area contributed by atoms with Crippen LogP contribution in [0.15, 0.2) is 24.3 Å². The maximum Gasteiger partial charge on any atom is 0.307 e. The van der Waals surface area contributed by atoms with Crippen LogP contribution in [0, 0.1) is 5.92 Å². The number of aliphatic hydroxyl groups is 3. The van der Waals surface area contributed by atoms with Crippen LogP contribution < -0.4 is 0 Å². The summed E-state index contributed by atoms with van der Waals surface area (Å²) in [4.78, 5) is 10.5. The fraction of sp³-hybridized carbons (Fsp3) is 0.722. The molecule has 4 N–H and O–H groups in total. The third-order valence-corrected chi connectivity index (χ3v) is 4.17. The van der Waals surface area contributed by atoms with Crippen LogP contribution in [0.4, 0.5) is 0 Å². The summed E-state index contributed by atoms with van der Waals surface area (Å²) in [5.41, 5.74) is 0. The van der Waals surface area contributed by atoms with E-state index in [1.54, 1.807) is 24.3 Å². The van der Waals surface area contributed by atoms with Crippen LogP contribution in [0.25, 0.3) is 0 Å². The van der Waals surface area contributed by atoms with E-state index in [-0.39, 0.29) is 18.8 Å². The summed E-state index contributed by atoms with van der Waals surface area (Å²) in [6.45, 7) is 2.10. The first kappa shape index (κ1) is 20.8. The van der Waals surface area contributed by atoms with Crippen molar-refractivity contribution in [3.8, 4) is 0 Å². The van der Waals surface area contributed by atoms with Crippen LogP contribution in [0.5, 0.6) is 0 Å². The summed E-state index contributed by atoms with van der Waals surface area (Å²) in [6, 6.07) is 0. The lowest BCUT2D eigenvalue weighted by Crippen LogP contribution is -2.43. The van der Waals surface area contributed by atoms with Crippen LogP contribution in [0.3, 0.4) is 0 Å². The van der Waals surface area contributed by atoms with E-state index in [0.717, 1.165) is 19.3 Å². The summed E-state index contributed by atoms with van der Waals surface area (Å²) in [5.74, 6) is -1.19. The van der Waals surface area contributed by atoms with Crippen molar-refractivity contribution >= 4 is 5.97 Å². The van der Waals surface area contributed by atoms with Gasteiger partial charge in [-0.1, -0.05) is 50.5 Å². The number of hydrogen-bond donors (Lipinski definition) is 4. The summed E-state index contributed by atoms with van der Waals surface area (Å²) >= 11 is 0. The zero-order valence-corrected chi connectivity index (χ0v) is 14.3. The summed E-state index contributed by atoms with van der Waals surface area (Å²) in [7, 11) is 0. The van der Waals surface area contributed by atoms with Crippen molar-refractivity contribution in [2.75, 3.05) is 0 Å². The lowest BCUT2D eigenvalue weighted by atomic mass is 9.87. The average Bonchev–Trinajstić information content (AvgIpc) is 2.51. The number of carboxylic acids is 1. The van der Waals surface area contributed by atoms with Crippen LogP contribution in [-0.2, 0) is 9.53 Å². The summed E-state index contributed by atoms with van der Waals surface area (Å²) in [6.07, 6.45) is 8.01. The van der Waals surface area contributed by atoms with Crippen molar-refractivity contribution in [3.05, 3.63) is 24.3 Å². The highest BCUT2D eigenvalue weighted by Gasteiger charge is 2.35. The van der Waals surface area contributed by atoms with E-state index in [9.17, 15) is 20.1 Å². The molecule has 0 aromatic carbocycles. The molecule has 0 aromatic heterocycles. The second kappa shape index (κ2) is 11.4. The summed E-state index contributed by atoms with van der Waals surface area (Å²) < 4.78 is 5.47. The minimum absolute atomic E-state index is 0.0665. The smallest absolute Gasteiger partial charge is 0.307 e. The number of ether oxygens (including phenoxy) is 1. The predicted molar refractivity (Wildman–Crippen MR) is 90.3 cm³/mol. The zero-order chi connectivity index (χ0) is 17.9. The van der Waals surface area contributed by atoms with E-state index in [4.69, 9.17) is 9.84 Å². The molecule has 6 nitrogen and oxygen atoms in total. The number of aliphatic hydroxyl groups excluding tert-OH is 3. The molecule has 0 spiro atoms. The number of carbonyl (C=O) groups is 1. The fourth-order valence-corrected chi connectivity index (χ4v) is 2.79. The average molecular weight is 342 g/mol. The molecular formula is C18H30O6. The first-order valence-electron chi connectivity index (χ1n) is 8.68. The van der Waals surface area contributed by atoms with Gasteiger partial charge in [-0.3, -0.25) is 4.79 Å². The molecule has 6 heteroatoms. The first-order chi connectivity index (χ1) is 11.4. The van der Waals surface area contributed by atoms with Gasteiger partial charge in [-0.15, -0.1) is 0 Å². The quantitative estimate of drug-likeness (QED) is 0.357. The van der Waals surface area contributed by atoms with Crippen LogP contribution in [0.1, 0.15) is 51.9 Å². The number of carboxylic acid groups (broad SMARTS) is 1. The van der Waals surface area contributed by atoms with Gasteiger partial charge in [0, 0.05) is 12.3 Å². The third-order valence-electron chi connectivity index (χ3n) is 4.17. The molecule has 1 fully saturated rings. The molecule has 0 aromatic rings. The Labute approximate surface area is 143 Å². The Morgan fingerprint density at radius 2 is 2.04 bits per heavy atom. The van der Waals surface area contributed by atoms with E-state index >= 15 is 0 Å². The van der Waals surface area contributed by atoms with Gasteiger partial charge in [0.1, 0.15) is 0 Å². The van der Waals surface area contributed by atoms with Gasteiger partial charge in [0.15, 0.2) is 6.29 Å². The van der Waals surface area contributed by atoms with E-state index in [1.165, 1.54) is 0 Å². The van der Waals surface area contributed by atoms with Crippen LogP contribution in [-0.4, -0.2) is 51.0 Å². The molecule has 1 saturated heterocycles. The van der Waals surface area contributed by atoms with E-state index in [1.807, 2.05) is 0 Å². The second-order valence-corrected chi connectivity index (χ2v) is 6.28. The topological polar surface area (TPSA) is 107 Å². The number of allylic oxidation sites excluding steroid dienone is 1. The predicted octanol–water partition coefficient (Wildman–Crippen LogP) is 1.99. The molecule has 0 bridgehead atoms. The Balaban J connectivity index is 2.60. The maximum atomic E-state index is 10.5. The van der Waals surface area contributed by atoms with Crippen LogP contribution >= 0.6 is 0 Å². The molecule has 1 heterocycles. The SMILES string of the molecule is CCCCC[C@H](O)/C=C\[C@H]1O[C@@H](O)C[C@H](O)[C@@H]1C/C=C/CC(=O)O. The highest BCUT2D eigenvalue weighted by molar-refractivity contribution is 5.68. The number of hydrogen-bond acceptors (Lipinski definition) is 5. The number of rotatable bonds is 10. The normalized spacial score (nSPS) is 29.3. The highest BCUT2D eigenvalue weighted by Crippen LogP contribution is 2.29. The van der Waals surface area contributed by atoms with Crippen molar-refractivity contribution < 1.29 is 30.0 Å². The maximum absolute atomic E-state index is 10.5. The molecule has 0 aliphatic carbocycles. The Hall–Kier alpha value is -1.21. The second-order valence-electron chi connectivity index (χ2n) is 6.28. The Kier molecular flexibility index (Phi) is 9.86. The number of unbranched alkanes of at least 4 members (excludes halogenated alkanes) is 2. The van der Waals surface area contributed by atoms with Crippen molar-refractivity contribution in [2.45, 2.75) is 76.5 Å². The van der Waals surface area contributed by atoms with Crippen molar-refractivity contribution in [1.29, 1.82) is 0 Å². The van der Waals surface area contributed by atoms with Crippen molar-refractivity contribution in [1.82, 2.24) is 0 Å². The molecular weight excluding hydrogens is 312 g/mol. The molecule has 0 amide bonds. The molecule has 1 aliphatic heterocycles. The van der Waals surface area contributed by atoms with Gasteiger partial charge in [0.05, 0.1) is 24.7 Å². The van der Waals surface area contributed by atoms with Gasteiger partial charge in [-0.2, -0.15) is 0 Å². The Morgan fingerprint density at radius 3 is 2.71 bits per heavy atom. The third kappa shape index (κ3) is 8.06. The minimum atomic E-state index is -1.04. The number of aliphatic carboxylic acids is 1. The molecule has 138 valence electrons. The molecule has 24 heavy (non-hydrogen) atoms. The Bertz CT molecular complexity index is 420. The van der Waals surface area contributed by atoms with Crippen LogP contribution in [0.2, 0.25) is 0 Å². The van der Waals surface area contributed by atoms with E-state index < -0.39 is 30.6 Å². The van der Waals surface area contributed by atoms with Crippen molar-refractivity contribution in [3.63, 3.8) is 0 Å². The zero-order valence-electron chi connectivity index (χ0n) is 14.3. The van der Waals surface area contributed by atoms with Gasteiger partial charge < -0.3 is 25.2 Å². The fourth-order valence-electron chi connectivity index (χ4n) is 2.79. The molecule has 1 rings (SSSR count). The van der Waals surface area contributed by atoms with E-state index in [0.29, 0.717) is 12.8 Å². The summed E-state index contributed by atoms with van der Waals surface area (Å²) in [5, 5.41) is 38.4. The van der Waals surface area contributed by atoms with Gasteiger partial charge in [-0.05, 0) is 12.8 Å². The van der Waals surface area contributed by atoms with Crippen molar-refractivity contribution in [2.24, 2.45) is 5.92 Å². The van der Waals surface area contributed by atoms with Gasteiger partial charge in [-0.25, -0.2) is 0 Å². The molecule has 1 aliphatic rings. The largest absolute Gasteiger partial charge is 0.481 e. The molecule has 0 saturated carbocycles. The van der Waals surface area contributed by atoms with Gasteiger partial charge >= 0.3 is 5.97 Å². The molecule has 5 atom stereocenters. The lowest BCUT2D eigenvalue weighted by molar-refractivity contribution is -0.199. The first-order valence-corrected chi connectivity index (χ1v) is 8.68.